The Morgan fingerprint density at radius 3 is 2.17 bits per heavy atom. The van der Waals surface area contributed by atoms with Gasteiger partial charge in [0.15, 0.2) is 0 Å². The fourth-order valence-corrected chi connectivity index (χ4v) is 0.927. The molecular weight excluding hydrogens is 146 g/mol. The first-order valence-corrected chi connectivity index (χ1v) is 5.22. The molecule has 0 rings (SSSR count). The number of unbranched alkanes of at least 4 members (excludes halogenated alkanes) is 2. The van der Waals surface area contributed by atoms with Gasteiger partial charge in [0.25, 0.3) is 0 Å². The van der Waals surface area contributed by atoms with Crippen LogP contribution in [-0.4, -0.2) is 6.54 Å². The van der Waals surface area contributed by atoms with Crippen LogP contribution in [0.2, 0.25) is 0 Å². The highest BCUT2D eigenvalue weighted by Crippen LogP contribution is 2.03. The summed E-state index contributed by atoms with van der Waals surface area (Å²) in [4.78, 5) is 0. The second-order valence-electron chi connectivity index (χ2n) is 2.59. The van der Waals surface area contributed by atoms with E-state index in [2.05, 4.69) is 25.7 Å². The van der Waals surface area contributed by atoms with E-state index in [4.69, 9.17) is 0 Å². The maximum absolute atomic E-state index is 3.91. The molecule has 0 aliphatic heterocycles. The Morgan fingerprint density at radius 2 is 1.75 bits per heavy atom. The van der Waals surface area contributed by atoms with Crippen LogP contribution in [0.1, 0.15) is 53.4 Å². The molecule has 0 heterocycles. The van der Waals surface area contributed by atoms with Crippen LogP contribution in [-0.2, 0) is 0 Å². The lowest BCUT2D eigenvalue weighted by Gasteiger charge is -2.05. The van der Waals surface area contributed by atoms with Gasteiger partial charge < -0.3 is 5.32 Å². The Bertz CT molecular complexity index is 87.0. The van der Waals surface area contributed by atoms with Crippen LogP contribution in [0.25, 0.3) is 0 Å². The summed E-state index contributed by atoms with van der Waals surface area (Å²) in [5, 5.41) is 3.21. The first-order chi connectivity index (χ1) is 5.81. The lowest BCUT2D eigenvalue weighted by molar-refractivity contribution is 0.677. The molecular formula is C11H25N. The summed E-state index contributed by atoms with van der Waals surface area (Å²) in [7, 11) is 0. The summed E-state index contributed by atoms with van der Waals surface area (Å²) >= 11 is 0. The van der Waals surface area contributed by atoms with Gasteiger partial charge in [0.1, 0.15) is 0 Å². The average Bonchev–Trinajstić information content (AvgIpc) is 2.09. The van der Waals surface area contributed by atoms with Crippen LogP contribution < -0.4 is 5.32 Å². The average molecular weight is 171 g/mol. The maximum atomic E-state index is 3.91. The van der Waals surface area contributed by atoms with E-state index in [1.54, 1.807) is 0 Å². The smallest absolute Gasteiger partial charge is 0.0115 e. The Kier molecular flexibility index (Phi) is 15.4. The molecule has 0 saturated heterocycles. The highest BCUT2D eigenvalue weighted by molar-refractivity contribution is 4.89. The number of nitrogens with one attached hydrogen (secondary N) is 1. The molecule has 0 aliphatic carbocycles. The summed E-state index contributed by atoms with van der Waals surface area (Å²) in [6.45, 7) is 13.2. The van der Waals surface area contributed by atoms with Gasteiger partial charge in [-0.15, -0.1) is 0 Å². The van der Waals surface area contributed by atoms with E-state index in [-0.39, 0.29) is 0 Å². The van der Waals surface area contributed by atoms with E-state index in [9.17, 15) is 0 Å². The standard InChI is InChI=1S/C9H19N.C2H6/c1-4-6-7-8-9(3)10-5-2;1-2/h10H,3-8H2,1-2H3;1-2H3. The zero-order valence-electron chi connectivity index (χ0n) is 9.24. The molecule has 1 N–H and O–H groups in total. The Hall–Kier alpha value is -0.460. The van der Waals surface area contributed by atoms with E-state index in [1.165, 1.54) is 25.0 Å². The van der Waals surface area contributed by atoms with Crippen LogP contribution in [0.5, 0.6) is 0 Å². The molecule has 0 fully saturated rings. The van der Waals surface area contributed by atoms with Gasteiger partial charge in [-0.1, -0.05) is 40.2 Å². The predicted molar refractivity (Wildman–Crippen MR) is 58.3 cm³/mol. The summed E-state index contributed by atoms with van der Waals surface area (Å²) in [5.74, 6) is 0. The highest BCUT2D eigenvalue weighted by atomic mass is 14.9. The molecule has 74 valence electrons. The molecule has 0 aromatic rings. The molecule has 0 saturated carbocycles. The van der Waals surface area contributed by atoms with Crippen molar-refractivity contribution in [2.45, 2.75) is 53.4 Å². The van der Waals surface area contributed by atoms with Gasteiger partial charge in [0.05, 0.1) is 0 Å². The summed E-state index contributed by atoms with van der Waals surface area (Å²) < 4.78 is 0. The van der Waals surface area contributed by atoms with Crippen molar-refractivity contribution in [1.82, 2.24) is 5.32 Å². The van der Waals surface area contributed by atoms with Gasteiger partial charge in [0.2, 0.25) is 0 Å². The van der Waals surface area contributed by atoms with E-state index >= 15 is 0 Å². The third kappa shape index (κ3) is 12.2. The van der Waals surface area contributed by atoms with Gasteiger partial charge in [-0.3, -0.25) is 0 Å². The molecule has 0 aliphatic rings. The molecule has 0 aromatic carbocycles. The molecule has 0 spiro atoms. The Balaban J connectivity index is 0. The summed E-state index contributed by atoms with van der Waals surface area (Å²) in [6.07, 6.45) is 5.04. The van der Waals surface area contributed by atoms with Crippen molar-refractivity contribution in [3.63, 3.8) is 0 Å². The van der Waals surface area contributed by atoms with Crippen LogP contribution in [0.15, 0.2) is 12.3 Å². The van der Waals surface area contributed by atoms with Gasteiger partial charge >= 0.3 is 0 Å². The van der Waals surface area contributed by atoms with E-state index in [0.29, 0.717) is 0 Å². The Morgan fingerprint density at radius 1 is 1.17 bits per heavy atom. The van der Waals surface area contributed by atoms with Crippen LogP contribution in [0.3, 0.4) is 0 Å². The van der Waals surface area contributed by atoms with Crippen molar-refractivity contribution in [3.05, 3.63) is 12.3 Å². The summed E-state index contributed by atoms with van der Waals surface area (Å²) in [5.41, 5.74) is 1.19. The number of hydrogen-bond donors (Lipinski definition) is 1. The van der Waals surface area contributed by atoms with Crippen molar-refractivity contribution in [1.29, 1.82) is 0 Å². The first kappa shape index (κ1) is 14.1. The Labute approximate surface area is 78.3 Å². The van der Waals surface area contributed by atoms with Crippen LogP contribution in [0, 0.1) is 0 Å². The van der Waals surface area contributed by atoms with Gasteiger partial charge in [-0.25, -0.2) is 0 Å². The first-order valence-electron chi connectivity index (χ1n) is 5.22. The SMILES string of the molecule is C=C(CCCCC)NCC.CC. The molecule has 0 unspecified atom stereocenters. The lowest BCUT2D eigenvalue weighted by Crippen LogP contribution is -2.10. The van der Waals surface area contributed by atoms with Crippen molar-refractivity contribution in [2.24, 2.45) is 0 Å². The van der Waals surface area contributed by atoms with Crippen LogP contribution in [0.4, 0.5) is 0 Å². The molecule has 12 heavy (non-hydrogen) atoms. The highest BCUT2D eigenvalue weighted by Gasteiger charge is 1.89. The summed E-state index contributed by atoms with van der Waals surface area (Å²) in [6, 6.07) is 0. The zero-order chi connectivity index (χ0) is 9.82. The van der Waals surface area contributed by atoms with Crippen molar-refractivity contribution < 1.29 is 0 Å². The second-order valence-corrected chi connectivity index (χ2v) is 2.59. The fourth-order valence-electron chi connectivity index (χ4n) is 0.927. The van der Waals surface area contributed by atoms with E-state index in [0.717, 1.165) is 13.0 Å². The van der Waals surface area contributed by atoms with E-state index < -0.39 is 0 Å². The monoisotopic (exact) mass is 171 g/mol. The minimum Gasteiger partial charge on any atom is -0.389 e. The van der Waals surface area contributed by atoms with E-state index in [1.807, 2.05) is 13.8 Å². The molecule has 0 radical (unpaired) electrons. The van der Waals surface area contributed by atoms with Crippen molar-refractivity contribution in [2.75, 3.05) is 6.54 Å². The third-order valence-electron chi connectivity index (χ3n) is 1.51. The normalized spacial score (nSPS) is 8.33. The quantitative estimate of drug-likeness (QED) is 0.601. The number of rotatable bonds is 6. The third-order valence-corrected chi connectivity index (χ3v) is 1.51. The largest absolute Gasteiger partial charge is 0.389 e. The van der Waals surface area contributed by atoms with Crippen LogP contribution >= 0.6 is 0 Å². The maximum Gasteiger partial charge on any atom is 0.0115 e. The minimum absolute atomic E-state index is 1.00. The molecule has 0 atom stereocenters. The molecule has 0 amide bonds. The number of hydrogen-bond acceptors (Lipinski definition) is 1. The van der Waals surface area contributed by atoms with Gasteiger partial charge in [0, 0.05) is 12.2 Å². The molecule has 1 nitrogen and oxygen atoms in total. The lowest BCUT2D eigenvalue weighted by atomic mass is 10.2. The predicted octanol–water partition coefficient (Wildman–Crippen LogP) is 3.72. The van der Waals surface area contributed by atoms with Gasteiger partial charge in [-0.05, 0) is 19.8 Å². The van der Waals surface area contributed by atoms with Crippen molar-refractivity contribution in [3.8, 4) is 0 Å². The fraction of sp³-hybridized carbons (Fsp3) is 0.818. The molecule has 0 aromatic heterocycles. The second kappa shape index (κ2) is 13.2. The topological polar surface area (TPSA) is 12.0 Å². The number of allylic oxidation sites excluding steroid dienone is 1. The van der Waals surface area contributed by atoms with Crippen molar-refractivity contribution >= 4 is 0 Å². The molecule has 0 bridgehead atoms. The molecule has 1 heteroatoms. The zero-order valence-corrected chi connectivity index (χ0v) is 9.24. The van der Waals surface area contributed by atoms with Gasteiger partial charge in [-0.2, -0.15) is 0 Å². The minimum atomic E-state index is 1.00.